The normalized spacial score (nSPS) is 37.7. The topological polar surface area (TPSA) is 253 Å². The number of ether oxygens (including phenoxy) is 6. The van der Waals surface area contributed by atoms with E-state index in [2.05, 4.69) is 11.0 Å². The Balaban J connectivity index is 2.08. The molecule has 0 saturated carbocycles. The first-order valence-electron chi connectivity index (χ1n) is 10.7. The lowest BCUT2D eigenvalue weighted by molar-refractivity contribution is -0.344. The van der Waals surface area contributed by atoms with Crippen molar-refractivity contribution in [2.75, 3.05) is 33.5 Å². The van der Waals surface area contributed by atoms with Gasteiger partial charge in [0.05, 0.1) is 19.3 Å². The molecule has 0 bridgehead atoms. The molecule has 0 aromatic carbocycles. The quantitative estimate of drug-likeness (QED) is 0.0820. The molecular formula is C18H34N4O13. The number of methoxy groups -OCH3 is 1. The van der Waals surface area contributed by atoms with Crippen molar-refractivity contribution in [2.45, 2.75) is 68.1 Å². The Bertz CT molecular complexity index is 676. The van der Waals surface area contributed by atoms with Gasteiger partial charge in [-0.15, -0.1) is 0 Å². The fourth-order valence-corrected chi connectivity index (χ4v) is 3.70. The second-order valence-corrected chi connectivity index (χ2v) is 7.93. The zero-order chi connectivity index (χ0) is 26.1. The van der Waals surface area contributed by atoms with Crippen LogP contribution in [0.1, 0.15) is 6.92 Å². The molecule has 0 aromatic rings. The van der Waals surface area contributed by atoms with Crippen molar-refractivity contribution < 1.29 is 63.5 Å². The highest BCUT2D eigenvalue weighted by atomic mass is 16.7. The SMILES string of the molecule is COC1C(COCC(=O)O)OC(OC2C(COCC(=O)NNNN)OC(C)C(O)C2O)C(O)C1O. The number of aliphatic hydroxyl groups is 4. The Labute approximate surface area is 200 Å². The first-order chi connectivity index (χ1) is 16.6. The summed E-state index contributed by atoms with van der Waals surface area (Å²) >= 11 is 0. The third-order valence-electron chi connectivity index (χ3n) is 5.42. The van der Waals surface area contributed by atoms with Crippen LogP contribution in [0.25, 0.3) is 0 Å². The number of nitrogens with two attached hydrogens (primary N) is 1. The summed E-state index contributed by atoms with van der Waals surface area (Å²) in [6.07, 6.45) is -12.9. The third kappa shape index (κ3) is 8.22. The molecule has 2 rings (SSSR count). The number of carboxylic acid groups (broad SMARTS) is 1. The minimum absolute atomic E-state index is 0.264. The van der Waals surface area contributed by atoms with E-state index in [4.69, 9.17) is 39.4 Å². The van der Waals surface area contributed by atoms with Gasteiger partial charge in [0.2, 0.25) is 0 Å². The predicted octanol–water partition coefficient (Wildman–Crippen LogP) is -5.54. The van der Waals surface area contributed by atoms with Crippen molar-refractivity contribution in [1.82, 2.24) is 16.5 Å². The maximum absolute atomic E-state index is 11.6. The predicted molar refractivity (Wildman–Crippen MR) is 111 cm³/mol. The molecule has 17 nitrogen and oxygen atoms in total. The molecule has 0 aromatic heterocycles. The van der Waals surface area contributed by atoms with Crippen LogP contribution in [0.5, 0.6) is 0 Å². The monoisotopic (exact) mass is 514 g/mol. The van der Waals surface area contributed by atoms with Gasteiger partial charge in [-0.25, -0.2) is 4.79 Å². The smallest absolute Gasteiger partial charge is 0.329 e. The van der Waals surface area contributed by atoms with Gasteiger partial charge in [-0.05, 0) is 6.92 Å². The van der Waals surface area contributed by atoms with Crippen LogP contribution in [0.4, 0.5) is 0 Å². The third-order valence-corrected chi connectivity index (χ3v) is 5.42. The lowest BCUT2D eigenvalue weighted by Gasteiger charge is -2.46. The molecule has 2 fully saturated rings. The molecule has 17 heteroatoms. The number of rotatable bonds is 13. The van der Waals surface area contributed by atoms with E-state index < -0.39 is 86.3 Å². The molecule has 2 saturated heterocycles. The second-order valence-electron chi connectivity index (χ2n) is 7.93. The Hall–Kier alpha value is -1.58. The highest BCUT2D eigenvalue weighted by Crippen LogP contribution is 2.30. The van der Waals surface area contributed by atoms with Crippen LogP contribution < -0.4 is 22.3 Å². The summed E-state index contributed by atoms with van der Waals surface area (Å²) in [5.74, 6) is 3.15. The van der Waals surface area contributed by atoms with Crippen molar-refractivity contribution in [3.05, 3.63) is 0 Å². The fraction of sp³-hybridized carbons (Fsp3) is 0.889. The maximum Gasteiger partial charge on any atom is 0.329 e. The molecule has 10 atom stereocenters. The van der Waals surface area contributed by atoms with Gasteiger partial charge in [0.25, 0.3) is 5.91 Å². The minimum Gasteiger partial charge on any atom is -0.480 e. The van der Waals surface area contributed by atoms with E-state index in [0.29, 0.717) is 0 Å². The van der Waals surface area contributed by atoms with E-state index in [1.54, 1.807) is 0 Å². The number of nitrogens with one attached hydrogen (secondary N) is 3. The number of carbonyl (C=O) groups is 2. The van der Waals surface area contributed by atoms with Crippen LogP contribution in [0, 0.1) is 0 Å². The van der Waals surface area contributed by atoms with E-state index in [0.717, 1.165) is 0 Å². The molecule has 2 aliphatic heterocycles. The molecule has 0 spiro atoms. The van der Waals surface area contributed by atoms with Crippen LogP contribution >= 0.6 is 0 Å². The number of aliphatic carboxylic acids is 1. The standard InChI is InChI=1S/C18H34N4O13/c1-7-12(26)13(27)17(9(33-7)4-31-5-10(23)20-22-21-19)35-18-15(29)14(28)16(30-2)8(34-18)3-32-6-11(24)25/h7-9,12-18,21-22,26-29H,3-6,19H2,1-2H3,(H,20,23)(H,24,25). The molecule has 0 radical (unpaired) electrons. The van der Waals surface area contributed by atoms with Gasteiger partial charge in [-0.2, -0.15) is 11.1 Å². The summed E-state index contributed by atoms with van der Waals surface area (Å²) in [4.78, 5) is 22.3. The average molecular weight is 514 g/mol. The highest BCUT2D eigenvalue weighted by Gasteiger charge is 2.50. The summed E-state index contributed by atoms with van der Waals surface area (Å²) in [6, 6.07) is 0. The number of aliphatic hydroxyl groups excluding tert-OH is 4. The van der Waals surface area contributed by atoms with Gasteiger partial charge < -0.3 is 54.0 Å². The number of carboxylic acids is 1. The largest absolute Gasteiger partial charge is 0.480 e. The number of carbonyl (C=O) groups excluding carboxylic acids is 1. The minimum atomic E-state index is -1.65. The van der Waals surface area contributed by atoms with Gasteiger partial charge >= 0.3 is 5.97 Å². The van der Waals surface area contributed by atoms with Crippen molar-refractivity contribution in [1.29, 1.82) is 0 Å². The Morgan fingerprint density at radius 3 is 2.11 bits per heavy atom. The van der Waals surface area contributed by atoms with Gasteiger partial charge in [-0.3, -0.25) is 16.1 Å². The first-order valence-corrected chi connectivity index (χ1v) is 10.7. The zero-order valence-corrected chi connectivity index (χ0v) is 19.2. The van der Waals surface area contributed by atoms with Crippen molar-refractivity contribution >= 4 is 11.9 Å². The van der Waals surface area contributed by atoms with Gasteiger partial charge in [0, 0.05) is 7.11 Å². The fourth-order valence-electron chi connectivity index (χ4n) is 3.70. The van der Waals surface area contributed by atoms with E-state index in [-0.39, 0.29) is 13.2 Å². The molecule has 10 unspecified atom stereocenters. The van der Waals surface area contributed by atoms with Gasteiger partial charge in [-0.1, -0.05) is 0 Å². The van der Waals surface area contributed by atoms with Gasteiger partial charge in [0.15, 0.2) is 6.29 Å². The summed E-state index contributed by atoms with van der Waals surface area (Å²) in [7, 11) is 1.26. The summed E-state index contributed by atoms with van der Waals surface area (Å²) in [6.45, 7) is -0.127. The molecule has 0 aliphatic carbocycles. The van der Waals surface area contributed by atoms with E-state index >= 15 is 0 Å². The molecule has 35 heavy (non-hydrogen) atoms. The van der Waals surface area contributed by atoms with Crippen LogP contribution in [0.2, 0.25) is 0 Å². The van der Waals surface area contributed by atoms with Crippen molar-refractivity contribution in [2.24, 2.45) is 5.84 Å². The molecule has 2 heterocycles. The van der Waals surface area contributed by atoms with Crippen LogP contribution in [-0.2, 0) is 38.0 Å². The van der Waals surface area contributed by atoms with Gasteiger partial charge in [0.1, 0.15) is 62.0 Å². The average Bonchev–Trinajstić information content (AvgIpc) is 2.81. The van der Waals surface area contributed by atoms with Crippen molar-refractivity contribution in [3.63, 3.8) is 0 Å². The maximum atomic E-state index is 11.6. The zero-order valence-electron chi connectivity index (χ0n) is 19.2. The van der Waals surface area contributed by atoms with E-state index in [1.165, 1.54) is 14.0 Å². The van der Waals surface area contributed by atoms with Crippen molar-refractivity contribution in [3.8, 4) is 0 Å². The number of hydrogen-bond acceptors (Lipinski definition) is 15. The van der Waals surface area contributed by atoms with Crippen LogP contribution in [0.3, 0.4) is 0 Å². The lowest BCUT2D eigenvalue weighted by atomic mass is 9.95. The molecule has 2 aliphatic rings. The number of hydrazine groups is 3. The second kappa shape index (κ2) is 14.2. The molecule has 204 valence electrons. The molecule has 1 amide bonds. The number of hydrogen-bond donors (Lipinski definition) is 9. The Morgan fingerprint density at radius 2 is 1.51 bits per heavy atom. The summed E-state index contributed by atoms with van der Waals surface area (Å²) < 4.78 is 32.5. The Morgan fingerprint density at radius 1 is 0.914 bits per heavy atom. The number of amides is 1. The molecule has 10 N–H and O–H groups in total. The first kappa shape index (κ1) is 29.6. The summed E-state index contributed by atoms with van der Waals surface area (Å²) in [5.41, 5.74) is 6.32. The van der Waals surface area contributed by atoms with E-state index in [9.17, 15) is 30.0 Å². The van der Waals surface area contributed by atoms with Crippen LogP contribution in [-0.4, -0.2) is 132 Å². The highest BCUT2D eigenvalue weighted by molar-refractivity contribution is 5.76. The molecular weight excluding hydrogens is 480 g/mol. The summed E-state index contributed by atoms with van der Waals surface area (Å²) in [5, 5.41) is 50.6. The van der Waals surface area contributed by atoms with Crippen LogP contribution in [0.15, 0.2) is 0 Å². The lowest BCUT2D eigenvalue weighted by Crippen LogP contribution is -2.64. The Kier molecular flexibility index (Phi) is 12.1. The van der Waals surface area contributed by atoms with E-state index in [1.807, 2.05) is 5.53 Å².